The standard InChI is InChI=1S/C19H22N6O4/c1-3-9-29-12-14(26)11-25-15-16(24(2)19(28)22-17(15)27)21-18(25)23-20-10-13-7-5-4-6-8-13/h3-8,10,14,26H,1,9,11-12H2,2H3,(H,21,23)(H,22,27,28)/b20-10-/t14-/m1/s1. The van der Waals surface area contributed by atoms with Gasteiger partial charge in [-0.1, -0.05) is 36.4 Å². The van der Waals surface area contributed by atoms with Crippen molar-refractivity contribution in [2.75, 3.05) is 18.6 Å². The van der Waals surface area contributed by atoms with E-state index in [2.05, 4.69) is 27.1 Å². The molecule has 3 rings (SSSR count). The number of rotatable bonds is 9. The number of aliphatic hydroxyl groups excluding tert-OH is 1. The number of hydrazone groups is 1. The molecule has 1 atom stereocenters. The summed E-state index contributed by atoms with van der Waals surface area (Å²) in [5.41, 5.74) is 2.79. The number of aromatic amines is 1. The summed E-state index contributed by atoms with van der Waals surface area (Å²) in [6, 6.07) is 9.41. The molecular formula is C19H22N6O4. The van der Waals surface area contributed by atoms with E-state index in [4.69, 9.17) is 4.74 Å². The zero-order chi connectivity index (χ0) is 20.8. The van der Waals surface area contributed by atoms with Crippen LogP contribution in [0.2, 0.25) is 0 Å². The molecule has 0 fully saturated rings. The first-order valence-corrected chi connectivity index (χ1v) is 8.91. The first-order valence-electron chi connectivity index (χ1n) is 8.91. The largest absolute Gasteiger partial charge is 0.389 e. The van der Waals surface area contributed by atoms with Gasteiger partial charge in [0.2, 0.25) is 5.95 Å². The normalized spacial score (nSPS) is 12.5. The maximum absolute atomic E-state index is 12.4. The number of nitrogens with zero attached hydrogens (tertiary/aromatic N) is 4. The third-order valence-electron chi connectivity index (χ3n) is 4.12. The number of benzene rings is 1. The molecule has 0 saturated carbocycles. The van der Waals surface area contributed by atoms with E-state index < -0.39 is 17.4 Å². The minimum Gasteiger partial charge on any atom is -0.389 e. The molecule has 0 aliphatic carbocycles. The van der Waals surface area contributed by atoms with Crippen LogP contribution in [-0.4, -0.2) is 49.7 Å². The summed E-state index contributed by atoms with van der Waals surface area (Å²) >= 11 is 0. The predicted octanol–water partition coefficient (Wildman–Crippen LogP) is 0.433. The summed E-state index contributed by atoms with van der Waals surface area (Å²) in [5.74, 6) is 0.210. The molecule has 152 valence electrons. The number of H-pyrrole nitrogens is 1. The van der Waals surface area contributed by atoms with E-state index in [1.165, 1.54) is 16.2 Å². The van der Waals surface area contributed by atoms with Crippen LogP contribution in [-0.2, 0) is 18.3 Å². The Morgan fingerprint density at radius 1 is 1.38 bits per heavy atom. The second kappa shape index (κ2) is 9.13. The Labute approximate surface area is 165 Å². The molecule has 0 unspecified atom stereocenters. The quantitative estimate of drug-likeness (QED) is 0.208. The molecule has 10 heteroatoms. The highest BCUT2D eigenvalue weighted by Gasteiger charge is 2.19. The molecule has 29 heavy (non-hydrogen) atoms. The smallest absolute Gasteiger partial charge is 0.329 e. The number of fused-ring (bicyclic) bond motifs is 1. The molecule has 3 aromatic rings. The molecule has 3 N–H and O–H groups in total. The van der Waals surface area contributed by atoms with E-state index in [1.807, 2.05) is 30.3 Å². The molecule has 1 aromatic carbocycles. The SMILES string of the molecule is C=CCOC[C@H](O)Cn1c(N/N=C\c2ccccc2)nc2c1c(=O)[nH]c(=O)n2C. The topological polar surface area (TPSA) is 127 Å². The zero-order valence-corrected chi connectivity index (χ0v) is 15.9. The number of aromatic nitrogens is 4. The van der Waals surface area contributed by atoms with Gasteiger partial charge >= 0.3 is 5.69 Å². The van der Waals surface area contributed by atoms with Gasteiger partial charge in [0.25, 0.3) is 5.56 Å². The second-order valence-corrected chi connectivity index (χ2v) is 6.30. The molecule has 0 saturated heterocycles. The van der Waals surface area contributed by atoms with E-state index in [-0.39, 0.29) is 30.3 Å². The molecule has 10 nitrogen and oxygen atoms in total. The highest BCUT2D eigenvalue weighted by Crippen LogP contribution is 2.16. The van der Waals surface area contributed by atoms with Crippen molar-refractivity contribution < 1.29 is 9.84 Å². The van der Waals surface area contributed by atoms with Gasteiger partial charge in [0.15, 0.2) is 11.2 Å². The maximum Gasteiger partial charge on any atom is 0.329 e. The lowest BCUT2D eigenvalue weighted by Gasteiger charge is -2.13. The number of aliphatic hydroxyl groups is 1. The molecular weight excluding hydrogens is 376 g/mol. The fourth-order valence-electron chi connectivity index (χ4n) is 2.75. The van der Waals surface area contributed by atoms with Crippen molar-refractivity contribution in [3.8, 4) is 0 Å². The van der Waals surface area contributed by atoms with Gasteiger partial charge in [-0.2, -0.15) is 10.1 Å². The minimum absolute atomic E-state index is 0.0120. The predicted molar refractivity (Wildman–Crippen MR) is 110 cm³/mol. The van der Waals surface area contributed by atoms with E-state index >= 15 is 0 Å². The monoisotopic (exact) mass is 398 g/mol. The first kappa shape index (κ1) is 20.2. The number of anilines is 1. The summed E-state index contributed by atoms with van der Waals surface area (Å²) in [5, 5.41) is 14.4. The third-order valence-corrected chi connectivity index (χ3v) is 4.12. The number of aryl methyl sites for hydroxylation is 1. The first-order chi connectivity index (χ1) is 14.0. The van der Waals surface area contributed by atoms with Gasteiger partial charge in [0, 0.05) is 7.05 Å². The van der Waals surface area contributed by atoms with Gasteiger partial charge in [-0.3, -0.25) is 14.3 Å². The molecule has 2 heterocycles. The molecule has 0 radical (unpaired) electrons. The van der Waals surface area contributed by atoms with Gasteiger partial charge < -0.3 is 14.4 Å². The average Bonchev–Trinajstić information content (AvgIpc) is 3.06. The second-order valence-electron chi connectivity index (χ2n) is 6.30. The Balaban J connectivity index is 1.96. The minimum atomic E-state index is -0.914. The highest BCUT2D eigenvalue weighted by atomic mass is 16.5. The van der Waals surface area contributed by atoms with E-state index in [9.17, 15) is 14.7 Å². The van der Waals surface area contributed by atoms with Gasteiger partial charge in [0.1, 0.15) is 0 Å². The lowest BCUT2D eigenvalue weighted by molar-refractivity contribution is 0.0405. The summed E-state index contributed by atoms with van der Waals surface area (Å²) in [4.78, 5) is 30.9. The number of imidazole rings is 1. The summed E-state index contributed by atoms with van der Waals surface area (Å²) in [6.45, 7) is 3.90. The van der Waals surface area contributed by atoms with Gasteiger partial charge in [0.05, 0.1) is 32.1 Å². The van der Waals surface area contributed by atoms with E-state index in [0.29, 0.717) is 6.61 Å². The fraction of sp³-hybridized carbons (Fsp3) is 0.263. The number of ether oxygens (including phenoxy) is 1. The van der Waals surface area contributed by atoms with E-state index in [0.717, 1.165) is 5.56 Å². The van der Waals surface area contributed by atoms with Gasteiger partial charge in [-0.25, -0.2) is 10.2 Å². The van der Waals surface area contributed by atoms with Crippen LogP contribution in [0.25, 0.3) is 11.2 Å². The number of hydrogen-bond acceptors (Lipinski definition) is 7. The average molecular weight is 398 g/mol. The number of nitrogens with one attached hydrogen (secondary N) is 2. The molecule has 2 aromatic heterocycles. The van der Waals surface area contributed by atoms with Crippen LogP contribution < -0.4 is 16.7 Å². The maximum atomic E-state index is 12.4. The third kappa shape index (κ3) is 4.68. The van der Waals surface area contributed by atoms with Crippen LogP contribution in [0.4, 0.5) is 5.95 Å². The highest BCUT2D eigenvalue weighted by molar-refractivity contribution is 5.80. The zero-order valence-electron chi connectivity index (χ0n) is 15.9. The van der Waals surface area contributed by atoms with Crippen LogP contribution in [0.1, 0.15) is 5.56 Å². The Kier molecular flexibility index (Phi) is 6.37. The summed E-state index contributed by atoms with van der Waals surface area (Å²) in [7, 11) is 1.50. The van der Waals surface area contributed by atoms with Crippen molar-refractivity contribution in [3.05, 3.63) is 69.4 Å². The van der Waals surface area contributed by atoms with Crippen LogP contribution in [0.5, 0.6) is 0 Å². The van der Waals surface area contributed by atoms with Crippen LogP contribution in [0.3, 0.4) is 0 Å². The molecule has 0 aliphatic rings. The molecule has 0 bridgehead atoms. The van der Waals surface area contributed by atoms with Gasteiger partial charge in [-0.15, -0.1) is 6.58 Å². The van der Waals surface area contributed by atoms with Crippen LogP contribution >= 0.6 is 0 Å². The summed E-state index contributed by atoms with van der Waals surface area (Å²) in [6.07, 6.45) is 2.25. The molecule has 0 amide bonds. The molecule has 0 spiro atoms. The van der Waals surface area contributed by atoms with Crippen LogP contribution in [0, 0.1) is 0 Å². The van der Waals surface area contributed by atoms with Crippen molar-refractivity contribution in [1.29, 1.82) is 0 Å². The van der Waals surface area contributed by atoms with Crippen molar-refractivity contribution in [3.63, 3.8) is 0 Å². The molecule has 0 aliphatic heterocycles. The van der Waals surface area contributed by atoms with Crippen molar-refractivity contribution in [1.82, 2.24) is 19.1 Å². The Morgan fingerprint density at radius 2 is 2.14 bits per heavy atom. The van der Waals surface area contributed by atoms with Gasteiger partial charge in [-0.05, 0) is 5.56 Å². The number of hydrogen-bond donors (Lipinski definition) is 3. The lowest BCUT2D eigenvalue weighted by Crippen LogP contribution is -2.30. The van der Waals surface area contributed by atoms with Crippen molar-refractivity contribution >= 4 is 23.3 Å². The van der Waals surface area contributed by atoms with Crippen molar-refractivity contribution in [2.24, 2.45) is 12.1 Å². The summed E-state index contributed by atoms with van der Waals surface area (Å²) < 4.78 is 7.96. The Hall–Kier alpha value is -3.50. The van der Waals surface area contributed by atoms with E-state index in [1.54, 1.807) is 12.3 Å². The Bertz CT molecular complexity index is 1130. The van der Waals surface area contributed by atoms with Crippen LogP contribution in [0.15, 0.2) is 57.7 Å². The fourth-order valence-corrected chi connectivity index (χ4v) is 2.75. The Morgan fingerprint density at radius 3 is 2.86 bits per heavy atom. The van der Waals surface area contributed by atoms with Crippen molar-refractivity contribution in [2.45, 2.75) is 12.6 Å². The lowest BCUT2D eigenvalue weighted by atomic mass is 10.2.